The number of hydrogen-bond donors (Lipinski definition) is 1. The third-order valence-corrected chi connectivity index (χ3v) is 5.68. The van der Waals surface area contributed by atoms with E-state index in [9.17, 15) is 4.89 Å². The van der Waals surface area contributed by atoms with Gasteiger partial charge in [0.05, 0.1) is 0 Å². The van der Waals surface area contributed by atoms with Crippen molar-refractivity contribution in [3.05, 3.63) is 19.5 Å². The molecule has 18 heavy (non-hydrogen) atoms. The zero-order valence-corrected chi connectivity index (χ0v) is 13.1. The lowest BCUT2D eigenvalue weighted by atomic mass is 10.2. The van der Waals surface area contributed by atoms with Gasteiger partial charge in [0.25, 0.3) is 0 Å². The van der Waals surface area contributed by atoms with Gasteiger partial charge in [0.2, 0.25) is 0 Å². The van der Waals surface area contributed by atoms with Gasteiger partial charge in [-0.05, 0) is 27.7 Å². The molecule has 96 valence electrons. The monoisotopic (exact) mass is 300 g/mol. The summed E-state index contributed by atoms with van der Waals surface area (Å²) >= 11 is 3.40. The molecule has 0 saturated carbocycles. The minimum Gasteiger partial charge on any atom is -0.398 e. The van der Waals surface area contributed by atoms with Gasteiger partial charge in [0, 0.05) is 30.3 Å². The first kappa shape index (κ1) is 12.3. The fourth-order valence-electron chi connectivity index (χ4n) is 2.30. The van der Waals surface area contributed by atoms with Crippen LogP contribution in [0.1, 0.15) is 19.5 Å². The van der Waals surface area contributed by atoms with Crippen LogP contribution in [-0.2, 0) is 0 Å². The quantitative estimate of drug-likeness (QED) is 0.604. The van der Waals surface area contributed by atoms with Crippen LogP contribution in [0.2, 0.25) is 0 Å². The summed E-state index contributed by atoms with van der Waals surface area (Å²) in [5.41, 5.74) is 1.57. The van der Waals surface area contributed by atoms with Crippen LogP contribution in [0.5, 0.6) is 0 Å². The maximum Gasteiger partial charge on any atom is 0.384 e. The molecule has 3 heterocycles. The highest BCUT2D eigenvalue weighted by Gasteiger charge is 2.17. The van der Waals surface area contributed by atoms with E-state index >= 15 is 0 Å². The number of fused-ring (bicyclic) bond motifs is 3. The molecule has 0 fully saturated rings. The Morgan fingerprint density at radius 1 is 0.778 bits per heavy atom. The second kappa shape index (κ2) is 4.14. The van der Waals surface area contributed by atoms with Crippen molar-refractivity contribution in [3.63, 3.8) is 0 Å². The van der Waals surface area contributed by atoms with Gasteiger partial charge in [-0.25, -0.2) is 0 Å². The summed E-state index contributed by atoms with van der Waals surface area (Å²) in [6, 6.07) is 0. The predicted octanol–water partition coefficient (Wildman–Crippen LogP) is 5.40. The molecule has 1 N–H and O–H groups in total. The van der Waals surface area contributed by atoms with Crippen LogP contribution in [0.15, 0.2) is 8.39 Å². The topological polar surface area (TPSA) is 46.5 Å². The lowest BCUT2D eigenvalue weighted by Crippen LogP contribution is -1.68. The number of rotatable bonds is 0. The van der Waals surface area contributed by atoms with Crippen LogP contribution in [-0.4, -0.2) is 4.89 Å². The summed E-state index contributed by atoms with van der Waals surface area (Å²) in [6.07, 6.45) is 0. The van der Waals surface area contributed by atoms with Crippen LogP contribution in [0, 0.1) is 27.7 Å². The summed E-state index contributed by atoms with van der Waals surface area (Å²) in [5, 5.41) is 2.18. The molecule has 0 atom stereocenters. The molecule has 0 aliphatic heterocycles. The first-order chi connectivity index (χ1) is 8.49. The van der Waals surface area contributed by atoms with Gasteiger partial charge >= 0.3 is 8.24 Å². The van der Waals surface area contributed by atoms with E-state index in [2.05, 4.69) is 13.8 Å². The fraction of sp³-hybridized carbons (Fsp3) is 0.333. The van der Waals surface area contributed by atoms with Crippen molar-refractivity contribution in [1.82, 2.24) is 0 Å². The molecule has 0 bridgehead atoms. The highest BCUT2D eigenvalue weighted by atomic mass is 32.1. The zero-order valence-electron chi connectivity index (χ0n) is 10.5. The molecule has 0 aliphatic carbocycles. The molecule has 0 spiro atoms. The van der Waals surface area contributed by atoms with Crippen molar-refractivity contribution in [1.29, 1.82) is 0 Å². The summed E-state index contributed by atoms with van der Waals surface area (Å²) < 4.78 is 11.1. The molecule has 0 amide bonds. The van der Waals surface area contributed by atoms with Crippen LogP contribution >= 0.6 is 30.9 Å². The summed E-state index contributed by atoms with van der Waals surface area (Å²) in [6.45, 7) is 8.19. The van der Waals surface area contributed by atoms with E-state index in [1.807, 2.05) is 13.8 Å². The molecule has 3 rings (SSSR count). The van der Waals surface area contributed by atoms with Crippen molar-refractivity contribution in [2.24, 2.45) is 0 Å². The van der Waals surface area contributed by atoms with E-state index in [0.29, 0.717) is 0 Å². The Kier molecular flexibility index (Phi) is 2.83. The molecule has 0 unspecified atom stereocenters. The van der Waals surface area contributed by atoms with Crippen molar-refractivity contribution in [2.45, 2.75) is 27.7 Å². The lowest BCUT2D eigenvalue weighted by Gasteiger charge is -1.89. The van der Waals surface area contributed by atoms with Crippen LogP contribution in [0.25, 0.3) is 21.9 Å². The second-order valence-corrected chi connectivity index (χ2v) is 7.96. The normalized spacial score (nSPS) is 11.6. The van der Waals surface area contributed by atoms with Gasteiger partial charge in [0.15, 0.2) is 11.2 Å². The highest BCUT2D eigenvalue weighted by molar-refractivity contribution is 7.30. The Morgan fingerprint density at radius 3 is 1.56 bits per heavy atom. The van der Waals surface area contributed by atoms with E-state index < -0.39 is 8.24 Å². The molecule has 0 saturated heterocycles. The smallest absolute Gasteiger partial charge is 0.384 e. The molecule has 6 heteroatoms. The zero-order chi connectivity index (χ0) is 13.0. The minimum atomic E-state index is -1.88. The van der Waals surface area contributed by atoms with Crippen molar-refractivity contribution >= 4 is 52.9 Å². The Hall–Kier alpha value is -0.740. The maximum absolute atomic E-state index is 9.88. The van der Waals surface area contributed by atoms with E-state index in [-0.39, 0.29) is 0 Å². The average Bonchev–Trinajstić information content (AvgIpc) is 2.63. The second-order valence-electron chi connectivity index (χ2n) is 4.26. The third-order valence-electron chi connectivity index (χ3n) is 3.00. The molecule has 3 aromatic rings. The van der Waals surface area contributed by atoms with Gasteiger partial charge in [-0.15, -0.1) is 22.7 Å². The Labute approximate surface area is 113 Å². The maximum atomic E-state index is 9.88. The van der Waals surface area contributed by atoms with Crippen LogP contribution < -0.4 is 0 Å². The number of thiophene rings is 2. The summed E-state index contributed by atoms with van der Waals surface area (Å²) in [7, 11) is -1.88. The van der Waals surface area contributed by atoms with E-state index in [1.54, 1.807) is 22.7 Å². The van der Waals surface area contributed by atoms with Crippen molar-refractivity contribution in [2.75, 3.05) is 0 Å². The average molecular weight is 300 g/mol. The van der Waals surface area contributed by atoms with Gasteiger partial charge in [0.1, 0.15) is 0 Å². The van der Waals surface area contributed by atoms with Gasteiger partial charge in [-0.3, -0.25) is 4.89 Å². The van der Waals surface area contributed by atoms with Crippen LogP contribution in [0.3, 0.4) is 0 Å². The van der Waals surface area contributed by atoms with E-state index in [1.165, 1.54) is 9.75 Å². The molecule has 0 aliphatic rings. The first-order valence-electron chi connectivity index (χ1n) is 5.54. The first-order valence-corrected chi connectivity index (χ1v) is 8.30. The van der Waals surface area contributed by atoms with Crippen molar-refractivity contribution < 1.29 is 13.3 Å². The molecule has 3 nitrogen and oxygen atoms in total. The van der Waals surface area contributed by atoms with E-state index in [4.69, 9.17) is 8.39 Å². The number of hydrogen-bond acceptors (Lipinski definition) is 5. The Balaban J connectivity index is 2.75. The largest absolute Gasteiger partial charge is 0.398 e. The SMILES string of the molecule is Cc1sc(C)c2c1op(O)oc1c(C)sc(C)c12. The molecular formula is C12H13O3PS2. The fourth-order valence-corrected chi connectivity index (χ4v) is 5.21. The highest BCUT2D eigenvalue weighted by Crippen LogP contribution is 2.43. The predicted molar refractivity (Wildman–Crippen MR) is 78.6 cm³/mol. The molecule has 0 radical (unpaired) electrons. The third kappa shape index (κ3) is 1.66. The van der Waals surface area contributed by atoms with Gasteiger partial charge in [-0.2, -0.15) is 0 Å². The lowest BCUT2D eigenvalue weighted by molar-refractivity contribution is 0.495. The Morgan fingerprint density at radius 2 is 1.17 bits per heavy atom. The summed E-state index contributed by atoms with van der Waals surface area (Å²) in [5.74, 6) is 0. The molecule has 0 aromatic carbocycles. The molecule has 3 aromatic heterocycles. The Bertz CT molecular complexity index is 730. The van der Waals surface area contributed by atoms with Crippen LogP contribution in [0.4, 0.5) is 0 Å². The van der Waals surface area contributed by atoms with E-state index in [0.717, 1.165) is 31.7 Å². The molecular weight excluding hydrogens is 287 g/mol. The standard InChI is InChI=1S/C12H13O3PS2/c1-5-9-10-6(2)18-8(4)12(10)15-16(13)14-11(9)7(3)17-5/h13H,1-4H3. The minimum absolute atomic E-state index is 0.783. The van der Waals surface area contributed by atoms with Crippen molar-refractivity contribution in [3.8, 4) is 0 Å². The van der Waals surface area contributed by atoms with Gasteiger partial charge < -0.3 is 8.39 Å². The van der Waals surface area contributed by atoms with Gasteiger partial charge in [-0.1, -0.05) is 0 Å². The number of aryl methyl sites for hydroxylation is 4. The summed E-state index contributed by atoms with van der Waals surface area (Å²) in [4.78, 5) is 14.5.